The van der Waals surface area contributed by atoms with Gasteiger partial charge >= 0.3 is 0 Å². The van der Waals surface area contributed by atoms with Crippen LogP contribution in [0.2, 0.25) is 0 Å². The van der Waals surface area contributed by atoms with Crippen LogP contribution in [0.1, 0.15) is 12.8 Å². The molecule has 56 valence electrons. The Balaban J connectivity index is 1.97. The van der Waals surface area contributed by atoms with Gasteiger partial charge in [0.05, 0.1) is 0 Å². The van der Waals surface area contributed by atoms with E-state index in [1.165, 1.54) is 0 Å². The molecule has 0 spiro atoms. The van der Waals surface area contributed by atoms with Crippen LogP contribution in [0.5, 0.6) is 0 Å². The zero-order valence-electron chi connectivity index (χ0n) is 5.97. The van der Waals surface area contributed by atoms with Gasteiger partial charge < -0.3 is 10.1 Å². The molecule has 0 bridgehead atoms. The van der Waals surface area contributed by atoms with Gasteiger partial charge in [-0.25, -0.2) is 0 Å². The molecule has 0 radical (unpaired) electrons. The molecule has 0 aliphatic carbocycles. The average Bonchev–Trinajstić information content (AvgIpc) is 2.41. The molecule has 0 aromatic rings. The van der Waals surface area contributed by atoms with Crippen molar-refractivity contribution < 1.29 is 4.74 Å². The van der Waals surface area contributed by atoms with Crippen LogP contribution in [0.4, 0.5) is 0 Å². The van der Waals surface area contributed by atoms with Gasteiger partial charge in [0.2, 0.25) is 0 Å². The fourth-order valence-electron chi connectivity index (χ4n) is 1.14. The summed E-state index contributed by atoms with van der Waals surface area (Å²) in [5, 5.41) is 10.8. The standard InChI is InChI=1S/C7H12N2O/c8-6-9-3-1-7-2-4-10-5-7/h7,9H,1-5H2. The van der Waals surface area contributed by atoms with Crippen LogP contribution in [0.3, 0.4) is 0 Å². The Bertz CT molecular complexity index is 124. The molecule has 1 aliphatic rings. The number of nitriles is 1. The number of nitrogens with one attached hydrogen (secondary N) is 1. The monoisotopic (exact) mass is 140 g/mol. The van der Waals surface area contributed by atoms with Gasteiger partial charge in [-0.05, 0) is 18.8 Å². The van der Waals surface area contributed by atoms with Crippen LogP contribution >= 0.6 is 0 Å². The smallest absolute Gasteiger partial charge is 0.176 e. The Morgan fingerprint density at radius 3 is 3.20 bits per heavy atom. The van der Waals surface area contributed by atoms with Crippen molar-refractivity contribution in [2.24, 2.45) is 5.92 Å². The van der Waals surface area contributed by atoms with Gasteiger partial charge in [0.1, 0.15) is 0 Å². The first-order valence-corrected chi connectivity index (χ1v) is 3.63. The summed E-state index contributed by atoms with van der Waals surface area (Å²) in [4.78, 5) is 0. The number of nitrogens with zero attached hydrogens (tertiary/aromatic N) is 1. The Kier molecular flexibility index (Phi) is 3.04. The van der Waals surface area contributed by atoms with E-state index in [0.29, 0.717) is 5.92 Å². The molecule has 3 nitrogen and oxygen atoms in total. The molecule has 0 aromatic carbocycles. The zero-order chi connectivity index (χ0) is 7.23. The molecule has 3 heteroatoms. The summed E-state index contributed by atoms with van der Waals surface area (Å²) >= 11 is 0. The average molecular weight is 140 g/mol. The Morgan fingerprint density at radius 2 is 2.60 bits per heavy atom. The van der Waals surface area contributed by atoms with Crippen molar-refractivity contribution in [1.82, 2.24) is 5.32 Å². The van der Waals surface area contributed by atoms with Gasteiger partial charge in [0.15, 0.2) is 6.19 Å². The van der Waals surface area contributed by atoms with Gasteiger partial charge in [-0.15, -0.1) is 0 Å². The Morgan fingerprint density at radius 1 is 1.70 bits per heavy atom. The highest BCUT2D eigenvalue weighted by molar-refractivity contribution is 4.69. The molecule has 1 saturated heterocycles. The Hall–Kier alpha value is -0.750. The molecule has 1 aliphatic heterocycles. The first kappa shape index (κ1) is 7.36. The molecule has 1 rings (SSSR count). The highest BCUT2D eigenvalue weighted by Gasteiger charge is 2.14. The van der Waals surface area contributed by atoms with Crippen molar-refractivity contribution in [2.75, 3.05) is 19.8 Å². The zero-order valence-corrected chi connectivity index (χ0v) is 5.97. The molecule has 1 atom stereocenters. The number of hydrogen-bond donors (Lipinski definition) is 1. The minimum Gasteiger partial charge on any atom is -0.381 e. The molecule has 0 amide bonds. The van der Waals surface area contributed by atoms with Crippen molar-refractivity contribution in [3.05, 3.63) is 0 Å². The second-order valence-corrected chi connectivity index (χ2v) is 2.56. The molecule has 1 N–H and O–H groups in total. The first-order valence-electron chi connectivity index (χ1n) is 3.63. The van der Waals surface area contributed by atoms with Crippen molar-refractivity contribution in [1.29, 1.82) is 5.26 Å². The highest BCUT2D eigenvalue weighted by atomic mass is 16.5. The summed E-state index contributed by atoms with van der Waals surface area (Å²) in [7, 11) is 0. The van der Waals surface area contributed by atoms with Crippen LogP contribution in [-0.2, 0) is 4.74 Å². The predicted molar refractivity (Wildman–Crippen MR) is 37.2 cm³/mol. The molecule has 0 aromatic heterocycles. The summed E-state index contributed by atoms with van der Waals surface area (Å²) in [6.45, 7) is 2.58. The van der Waals surface area contributed by atoms with Crippen molar-refractivity contribution >= 4 is 0 Å². The van der Waals surface area contributed by atoms with Crippen LogP contribution in [0, 0.1) is 17.4 Å². The highest BCUT2D eigenvalue weighted by Crippen LogP contribution is 2.14. The fourth-order valence-corrected chi connectivity index (χ4v) is 1.14. The van der Waals surface area contributed by atoms with Gasteiger partial charge in [-0.2, -0.15) is 5.26 Å². The molecular weight excluding hydrogens is 128 g/mol. The van der Waals surface area contributed by atoms with E-state index in [2.05, 4.69) is 5.32 Å². The minimum atomic E-state index is 0.681. The third-order valence-corrected chi connectivity index (χ3v) is 1.78. The third kappa shape index (κ3) is 2.24. The maximum Gasteiger partial charge on any atom is 0.176 e. The molecule has 1 heterocycles. The number of rotatable bonds is 3. The molecule has 10 heavy (non-hydrogen) atoms. The van der Waals surface area contributed by atoms with Crippen LogP contribution in [-0.4, -0.2) is 19.8 Å². The summed E-state index contributed by atoms with van der Waals surface area (Å²) in [6, 6.07) is 0. The lowest BCUT2D eigenvalue weighted by atomic mass is 10.1. The van der Waals surface area contributed by atoms with E-state index in [0.717, 1.165) is 32.6 Å². The van der Waals surface area contributed by atoms with E-state index in [-0.39, 0.29) is 0 Å². The van der Waals surface area contributed by atoms with E-state index in [9.17, 15) is 0 Å². The molecular formula is C7H12N2O. The molecule has 1 unspecified atom stereocenters. The summed E-state index contributed by atoms with van der Waals surface area (Å²) in [6.07, 6.45) is 4.12. The van der Waals surface area contributed by atoms with Gasteiger partial charge in [0.25, 0.3) is 0 Å². The lowest BCUT2D eigenvalue weighted by Gasteiger charge is -2.03. The minimum absolute atomic E-state index is 0.681. The van der Waals surface area contributed by atoms with Gasteiger partial charge in [-0.1, -0.05) is 0 Å². The van der Waals surface area contributed by atoms with E-state index >= 15 is 0 Å². The summed E-state index contributed by atoms with van der Waals surface area (Å²) < 4.78 is 5.18. The van der Waals surface area contributed by atoms with Crippen molar-refractivity contribution in [3.8, 4) is 6.19 Å². The van der Waals surface area contributed by atoms with Crippen LogP contribution < -0.4 is 5.32 Å². The Labute approximate surface area is 61.0 Å². The second kappa shape index (κ2) is 4.13. The van der Waals surface area contributed by atoms with E-state index in [4.69, 9.17) is 10.00 Å². The maximum absolute atomic E-state index is 8.15. The summed E-state index contributed by atoms with van der Waals surface area (Å²) in [5.74, 6) is 0.681. The number of ether oxygens (including phenoxy) is 1. The fraction of sp³-hybridized carbons (Fsp3) is 0.857. The topological polar surface area (TPSA) is 45.0 Å². The first-order chi connectivity index (χ1) is 4.93. The lowest BCUT2D eigenvalue weighted by Crippen LogP contribution is -2.12. The SMILES string of the molecule is N#CNCCC1CCOC1. The lowest BCUT2D eigenvalue weighted by molar-refractivity contribution is 0.184. The quantitative estimate of drug-likeness (QED) is 0.352. The third-order valence-electron chi connectivity index (χ3n) is 1.78. The van der Waals surface area contributed by atoms with E-state index in [1.807, 2.05) is 6.19 Å². The van der Waals surface area contributed by atoms with Crippen molar-refractivity contribution in [2.45, 2.75) is 12.8 Å². The molecule has 0 saturated carbocycles. The largest absolute Gasteiger partial charge is 0.381 e. The molecule has 1 fully saturated rings. The van der Waals surface area contributed by atoms with E-state index < -0.39 is 0 Å². The van der Waals surface area contributed by atoms with Crippen molar-refractivity contribution in [3.63, 3.8) is 0 Å². The second-order valence-electron chi connectivity index (χ2n) is 2.56. The van der Waals surface area contributed by atoms with E-state index in [1.54, 1.807) is 0 Å². The van der Waals surface area contributed by atoms with Crippen LogP contribution in [0.25, 0.3) is 0 Å². The maximum atomic E-state index is 8.15. The van der Waals surface area contributed by atoms with Gasteiger partial charge in [0, 0.05) is 19.8 Å². The number of hydrogen-bond acceptors (Lipinski definition) is 3. The normalized spacial score (nSPS) is 24.1. The predicted octanol–water partition coefficient (Wildman–Crippen LogP) is 0.484. The van der Waals surface area contributed by atoms with Gasteiger partial charge in [-0.3, -0.25) is 0 Å². The van der Waals surface area contributed by atoms with Crippen LogP contribution in [0.15, 0.2) is 0 Å². The summed E-state index contributed by atoms with van der Waals surface area (Å²) in [5.41, 5.74) is 0.